The minimum absolute atomic E-state index is 0. The van der Waals surface area contributed by atoms with Gasteiger partial charge < -0.3 is 15.7 Å². The number of carboxylic acid groups (broad SMARTS) is 1. The SMILES string of the molecule is NC1CSc2c[c-]ccc2N(CC(=O)O)C1=O.[Y+3]. The van der Waals surface area contributed by atoms with Crippen LogP contribution in [0, 0.1) is 6.07 Å². The first-order chi connectivity index (χ1) is 8.09. The molecule has 0 spiro atoms. The first-order valence-corrected chi connectivity index (χ1v) is 6.00. The molecule has 0 aliphatic carbocycles. The zero-order valence-corrected chi connectivity index (χ0v) is 13.2. The van der Waals surface area contributed by atoms with E-state index in [9.17, 15) is 9.59 Å². The number of aliphatic carboxylic acids is 1. The van der Waals surface area contributed by atoms with Gasteiger partial charge in [0.25, 0.3) is 0 Å². The molecule has 0 aromatic heterocycles. The van der Waals surface area contributed by atoms with Crippen LogP contribution in [0.25, 0.3) is 0 Å². The number of carboxylic acids is 1. The smallest absolute Gasteiger partial charge is 0.480 e. The van der Waals surface area contributed by atoms with E-state index in [0.29, 0.717) is 11.4 Å². The van der Waals surface area contributed by atoms with Gasteiger partial charge in [-0.05, 0) is 0 Å². The van der Waals surface area contributed by atoms with Gasteiger partial charge in [0.1, 0.15) is 6.54 Å². The summed E-state index contributed by atoms with van der Waals surface area (Å²) in [5, 5.41) is 8.84. The summed E-state index contributed by atoms with van der Waals surface area (Å²) in [4.78, 5) is 24.8. The first kappa shape index (κ1) is 15.6. The van der Waals surface area contributed by atoms with Gasteiger partial charge in [0, 0.05) is 5.75 Å². The summed E-state index contributed by atoms with van der Waals surface area (Å²) in [6.07, 6.45) is 0. The largest absolute Gasteiger partial charge is 3.00 e. The quantitative estimate of drug-likeness (QED) is 0.759. The summed E-state index contributed by atoms with van der Waals surface area (Å²) in [7, 11) is 0. The number of carbonyl (C=O) groups excluding carboxylic acids is 1. The van der Waals surface area contributed by atoms with E-state index in [-0.39, 0.29) is 45.2 Å². The van der Waals surface area contributed by atoms with E-state index in [1.54, 1.807) is 18.2 Å². The predicted molar refractivity (Wildman–Crippen MR) is 64.0 cm³/mol. The fourth-order valence-corrected chi connectivity index (χ4v) is 2.59. The Bertz CT molecular complexity index is 469. The van der Waals surface area contributed by atoms with Crippen LogP contribution in [-0.4, -0.2) is 35.3 Å². The van der Waals surface area contributed by atoms with E-state index in [0.717, 1.165) is 4.90 Å². The number of rotatable bonds is 2. The molecule has 5 nitrogen and oxygen atoms in total. The second-order valence-electron chi connectivity index (χ2n) is 3.63. The second-order valence-corrected chi connectivity index (χ2v) is 4.69. The molecule has 3 N–H and O–H groups in total. The molecule has 0 saturated carbocycles. The zero-order chi connectivity index (χ0) is 12.4. The van der Waals surface area contributed by atoms with Gasteiger partial charge in [0.05, 0.1) is 6.04 Å². The van der Waals surface area contributed by atoms with Crippen molar-refractivity contribution in [1.82, 2.24) is 0 Å². The average Bonchev–Trinajstić information content (AvgIpc) is 2.42. The molecule has 1 atom stereocenters. The molecule has 1 aromatic carbocycles. The maximum absolute atomic E-state index is 12.0. The van der Waals surface area contributed by atoms with Crippen LogP contribution >= 0.6 is 11.8 Å². The number of nitrogens with two attached hydrogens (primary N) is 1. The molecule has 7 heteroatoms. The number of benzene rings is 1. The normalized spacial score (nSPS) is 18.6. The van der Waals surface area contributed by atoms with E-state index in [1.165, 1.54) is 16.7 Å². The average molecular weight is 340 g/mol. The van der Waals surface area contributed by atoms with Crippen LogP contribution in [-0.2, 0) is 42.3 Å². The number of fused-ring (bicyclic) bond motifs is 1. The van der Waals surface area contributed by atoms with Crippen molar-refractivity contribution in [2.24, 2.45) is 5.73 Å². The van der Waals surface area contributed by atoms with Crippen molar-refractivity contribution in [2.75, 3.05) is 17.2 Å². The number of thioether (sulfide) groups is 1. The number of amides is 1. The molecule has 2 rings (SSSR count). The number of hydrogen-bond donors (Lipinski definition) is 2. The van der Waals surface area contributed by atoms with Crippen LogP contribution < -0.4 is 10.6 Å². The Kier molecular flexibility index (Phi) is 5.78. The Balaban J connectivity index is 0.00000162. The first-order valence-electron chi connectivity index (χ1n) is 5.01. The Morgan fingerprint density at radius 1 is 1.67 bits per heavy atom. The summed E-state index contributed by atoms with van der Waals surface area (Å²) in [5.74, 6) is -0.971. The van der Waals surface area contributed by atoms with Gasteiger partial charge >= 0.3 is 38.7 Å². The number of hydrogen-bond acceptors (Lipinski definition) is 4. The van der Waals surface area contributed by atoms with Gasteiger partial charge in [-0.25, -0.2) is 0 Å². The zero-order valence-electron chi connectivity index (χ0n) is 9.50. The van der Waals surface area contributed by atoms with E-state index in [4.69, 9.17) is 10.8 Å². The summed E-state index contributed by atoms with van der Waals surface area (Å²) in [6.45, 7) is -0.371. The summed E-state index contributed by atoms with van der Waals surface area (Å²) in [6, 6.07) is 7.30. The van der Waals surface area contributed by atoms with Gasteiger partial charge in [-0.1, -0.05) is 10.6 Å². The van der Waals surface area contributed by atoms with Crippen molar-refractivity contribution in [1.29, 1.82) is 0 Å². The van der Waals surface area contributed by atoms with Crippen molar-refractivity contribution in [3.8, 4) is 0 Å². The van der Waals surface area contributed by atoms with Crippen LogP contribution in [0.4, 0.5) is 5.69 Å². The van der Waals surface area contributed by atoms with E-state index in [2.05, 4.69) is 6.07 Å². The molecule has 1 aromatic rings. The number of carbonyl (C=O) groups is 2. The molecule has 1 heterocycles. The maximum atomic E-state index is 12.0. The third-order valence-corrected chi connectivity index (χ3v) is 3.55. The summed E-state index contributed by atoms with van der Waals surface area (Å²) < 4.78 is 0. The second kappa shape index (κ2) is 6.66. The Hall–Kier alpha value is -0.426. The minimum Gasteiger partial charge on any atom is -0.480 e. The summed E-state index contributed by atoms with van der Waals surface area (Å²) >= 11 is 1.44. The molecule has 0 saturated heterocycles. The van der Waals surface area contributed by atoms with Crippen molar-refractivity contribution in [3.63, 3.8) is 0 Å². The van der Waals surface area contributed by atoms with Crippen LogP contribution in [0.15, 0.2) is 23.1 Å². The van der Waals surface area contributed by atoms with Gasteiger partial charge in [0.2, 0.25) is 5.91 Å². The molecule has 18 heavy (non-hydrogen) atoms. The molecule has 1 aliphatic heterocycles. The standard InChI is InChI=1S/C11H11N2O3S.Y/c12-7-6-17-9-4-2-1-3-8(9)13(11(7)16)5-10(14)15;/h1,3-4,7H,5-6,12H2,(H,14,15);/q-1;+3. The molecular formula is C11H11N2O3SY+2. The molecule has 1 unspecified atom stereocenters. The molecule has 90 valence electrons. The van der Waals surface area contributed by atoms with Crippen molar-refractivity contribution in [3.05, 3.63) is 24.3 Å². The Morgan fingerprint density at radius 2 is 2.39 bits per heavy atom. The molecule has 0 bridgehead atoms. The van der Waals surface area contributed by atoms with Gasteiger partial charge in [-0.2, -0.15) is 30.0 Å². The third-order valence-electron chi connectivity index (χ3n) is 2.39. The monoisotopic (exact) mass is 340 g/mol. The summed E-state index contributed by atoms with van der Waals surface area (Å²) in [5.41, 5.74) is 6.30. The molecule has 0 fully saturated rings. The van der Waals surface area contributed by atoms with Crippen LogP contribution in [0.1, 0.15) is 0 Å². The fourth-order valence-electron chi connectivity index (χ4n) is 1.61. The Morgan fingerprint density at radius 3 is 3.06 bits per heavy atom. The van der Waals surface area contributed by atoms with Crippen molar-refractivity contribution in [2.45, 2.75) is 10.9 Å². The topological polar surface area (TPSA) is 83.6 Å². The molecule has 1 aliphatic rings. The van der Waals surface area contributed by atoms with Crippen LogP contribution in [0.3, 0.4) is 0 Å². The molecule has 1 amide bonds. The van der Waals surface area contributed by atoms with Crippen molar-refractivity contribution >= 4 is 29.3 Å². The van der Waals surface area contributed by atoms with Crippen molar-refractivity contribution < 1.29 is 47.4 Å². The van der Waals surface area contributed by atoms with Gasteiger partial charge in [-0.15, -0.1) is 6.07 Å². The third kappa shape index (κ3) is 3.32. The van der Waals surface area contributed by atoms with E-state index in [1.807, 2.05) is 0 Å². The predicted octanol–water partition coefficient (Wildman–Crippen LogP) is 0.335. The van der Waals surface area contributed by atoms with E-state index < -0.39 is 12.0 Å². The minimum atomic E-state index is -1.06. The molecular weight excluding hydrogens is 329 g/mol. The Labute approximate surface area is 134 Å². The number of anilines is 1. The number of nitrogens with zero attached hydrogens (tertiary/aromatic N) is 1. The molecule has 0 radical (unpaired) electrons. The van der Waals surface area contributed by atoms with Gasteiger partial charge in [-0.3, -0.25) is 9.59 Å². The van der Waals surface area contributed by atoms with E-state index >= 15 is 0 Å². The van der Waals surface area contributed by atoms with Crippen LogP contribution in [0.2, 0.25) is 0 Å². The van der Waals surface area contributed by atoms with Gasteiger partial charge in [0.15, 0.2) is 0 Å². The maximum Gasteiger partial charge on any atom is 3.00 e. The fraction of sp³-hybridized carbons (Fsp3) is 0.273. The van der Waals surface area contributed by atoms with Crippen LogP contribution in [0.5, 0.6) is 0 Å².